The molecule has 0 aliphatic carbocycles. The Morgan fingerprint density at radius 2 is 2.38 bits per heavy atom. The van der Waals surface area contributed by atoms with Gasteiger partial charge in [0.05, 0.1) is 11.9 Å². The Labute approximate surface area is 75.2 Å². The fourth-order valence-corrected chi connectivity index (χ4v) is 1.53. The average Bonchev–Trinajstić information content (AvgIpc) is 2.54. The Morgan fingerprint density at radius 1 is 1.62 bits per heavy atom. The van der Waals surface area contributed by atoms with Gasteiger partial charge in [0, 0.05) is 11.6 Å². The number of nitrogens with one attached hydrogen (secondary N) is 1. The van der Waals surface area contributed by atoms with Gasteiger partial charge < -0.3 is 4.98 Å². The van der Waals surface area contributed by atoms with Crippen molar-refractivity contribution in [2.24, 2.45) is 0 Å². The molecule has 0 saturated carbocycles. The molecule has 0 bridgehead atoms. The monoisotopic (exact) mass is 177 g/mol. The third kappa shape index (κ3) is 1.06. The number of H-pyrrole nitrogens is 1. The van der Waals surface area contributed by atoms with Crippen LogP contribution in [0, 0.1) is 6.92 Å². The Kier molecular flexibility index (Phi) is 1.69. The zero-order chi connectivity index (χ0) is 9.42. The Balaban J connectivity index is 2.96. The molecule has 0 atom stereocenters. The van der Waals surface area contributed by atoms with Crippen molar-refractivity contribution in [2.75, 3.05) is 0 Å². The van der Waals surface area contributed by atoms with Crippen molar-refractivity contribution >= 4 is 5.65 Å². The van der Waals surface area contributed by atoms with Gasteiger partial charge in [-0.2, -0.15) is 5.10 Å². The molecule has 0 aliphatic rings. The number of aromatic nitrogens is 3. The highest BCUT2D eigenvalue weighted by Gasteiger charge is 2.06. The normalized spacial score (nSPS) is 10.9. The maximum Gasteiger partial charge on any atom is 0.254 e. The molecule has 0 fully saturated rings. The van der Waals surface area contributed by atoms with E-state index in [-0.39, 0.29) is 5.56 Å². The van der Waals surface area contributed by atoms with E-state index in [4.69, 9.17) is 0 Å². The molecule has 0 aliphatic heterocycles. The minimum Gasteiger partial charge on any atom is -0.307 e. The largest absolute Gasteiger partial charge is 0.307 e. The van der Waals surface area contributed by atoms with E-state index in [0.29, 0.717) is 0 Å². The standard InChI is InChI=1S/C9H11N3O/c1-3-7-6(2)9(13)11-8-4-5-10-12(7)8/h4-5H,3H2,1-2H3,(H,11,13). The quantitative estimate of drug-likeness (QED) is 0.703. The number of aromatic amines is 1. The maximum absolute atomic E-state index is 11.4. The van der Waals surface area contributed by atoms with E-state index in [0.717, 1.165) is 23.3 Å². The summed E-state index contributed by atoms with van der Waals surface area (Å²) in [5.74, 6) is 0. The lowest BCUT2D eigenvalue weighted by Crippen LogP contribution is -2.16. The van der Waals surface area contributed by atoms with Gasteiger partial charge in [0.2, 0.25) is 0 Å². The van der Waals surface area contributed by atoms with Crippen molar-refractivity contribution in [3.05, 3.63) is 33.9 Å². The Bertz CT molecular complexity index is 495. The summed E-state index contributed by atoms with van der Waals surface area (Å²) in [5, 5.41) is 4.14. The smallest absolute Gasteiger partial charge is 0.254 e. The van der Waals surface area contributed by atoms with E-state index in [9.17, 15) is 4.79 Å². The summed E-state index contributed by atoms with van der Waals surface area (Å²) in [6, 6.07) is 1.79. The van der Waals surface area contributed by atoms with Crippen molar-refractivity contribution in [2.45, 2.75) is 20.3 Å². The topological polar surface area (TPSA) is 50.2 Å². The van der Waals surface area contributed by atoms with Gasteiger partial charge in [-0.1, -0.05) is 6.92 Å². The summed E-state index contributed by atoms with van der Waals surface area (Å²) in [4.78, 5) is 14.2. The number of aryl methyl sites for hydroxylation is 1. The van der Waals surface area contributed by atoms with Crippen molar-refractivity contribution in [1.29, 1.82) is 0 Å². The maximum atomic E-state index is 11.4. The van der Waals surface area contributed by atoms with E-state index < -0.39 is 0 Å². The third-order valence-electron chi connectivity index (χ3n) is 2.25. The zero-order valence-electron chi connectivity index (χ0n) is 7.66. The Hall–Kier alpha value is -1.58. The zero-order valence-corrected chi connectivity index (χ0v) is 7.66. The van der Waals surface area contributed by atoms with Gasteiger partial charge in [-0.3, -0.25) is 4.79 Å². The fourth-order valence-electron chi connectivity index (χ4n) is 1.53. The first-order valence-electron chi connectivity index (χ1n) is 4.29. The average molecular weight is 177 g/mol. The summed E-state index contributed by atoms with van der Waals surface area (Å²) in [7, 11) is 0. The predicted molar refractivity (Wildman–Crippen MR) is 49.9 cm³/mol. The summed E-state index contributed by atoms with van der Waals surface area (Å²) in [6.07, 6.45) is 2.50. The third-order valence-corrected chi connectivity index (χ3v) is 2.25. The minimum absolute atomic E-state index is 0.0233. The molecule has 4 nitrogen and oxygen atoms in total. The lowest BCUT2D eigenvalue weighted by molar-refractivity contribution is 0.827. The molecule has 2 heterocycles. The second-order valence-electron chi connectivity index (χ2n) is 3.01. The summed E-state index contributed by atoms with van der Waals surface area (Å²) in [5.41, 5.74) is 2.46. The van der Waals surface area contributed by atoms with Crippen LogP contribution in [0.15, 0.2) is 17.1 Å². The molecule has 0 radical (unpaired) electrons. The lowest BCUT2D eigenvalue weighted by Gasteiger charge is -2.04. The van der Waals surface area contributed by atoms with Crippen molar-refractivity contribution < 1.29 is 0 Å². The van der Waals surface area contributed by atoms with Crippen LogP contribution in [0.1, 0.15) is 18.2 Å². The van der Waals surface area contributed by atoms with Gasteiger partial charge in [-0.15, -0.1) is 0 Å². The first-order valence-corrected chi connectivity index (χ1v) is 4.29. The molecule has 0 saturated heterocycles. The molecule has 2 aromatic heterocycles. The number of nitrogens with zero attached hydrogens (tertiary/aromatic N) is 2. The molecule has 0 amide bonds. The van der Waals surface area contributed by atoms with Crippen molar-refractivity contribution in [3.63, 3.8) is 0 Å². The highest BCUT2D eigenvalue weighted by molar-refractivity contribution is 5.39. The first kappa shape index (κ1) is 8.04. The van der Waals surface area contributed by atoms with Gasteiger partial charge in [0.15, 0.2) is 0 Å². The van der Waals surface area contributed by atoms with Crippen LogP contribution in [0.25, 0.3) is 5.65 Å². The molecule has 13 heavy (non-hydrogen) atoms. The van der Waals surface area contributed by atoms with Gasteiger partial charge in [-0.25, -0.2) is 4.52 Å². The summed E-state index contributed by atoms with van der Waals surface area (Å²) < 4.78 is 1.77. The van der Waals surface area contributed by atoms with E-state index >= 15 is 0 Å². The highest BCUT2D eigenvalue weighted by Crippen LogP contribution is 2.05. The molecule has 4 heteroatoms. The minimum atomic E-state index is -0.0233. The van der Waals surface area contributed by atoms with Crippen molar-refractivity contribution in [1.82, 2.24) is 14.6 Å². The van der Waals surface area contributed by atoms with E-state index in [1.165, 1.54) is 0 Å². The second kappa shape index (κ2) is 2.73. The molecular formula is C9H11N3O. The summed E-state index contributed by atoms with van der Waals surface area (Å²) in [6.45, 7) is 3.84. The van der Waals surface area contributed by atoms with Crippen molar-refractivity contribution in [3.8, 4) is 0 Å². The van der Waals surface area contributed by atoms with Crippen LogP contribution >= 0.6 is 0 Å². The molecule has 0 aromatic carbocycles. The molecule has 0 unspecified atom stereocenters. The van der Waals surface area contributed by atoms with Crippen LogP contribution in [0.4, 0.5) is 0 Å². The second-order valence-corrected chi connectivity index (χ2v) is 3.01. The number of rotatable bonds is 1. The highest BCUT2D eigenvalue weighted by atomic mass is 16.1. The number of hydrogen-bond donors (Lipinski definition) is 1. The van der Waals surface area contributed by atoms with E-state index in [2.05, 4.69) is 10.1 Å². The van der Waals surface area contributed by atoms with Crippen LogP contribution in [0.5, 0.6) is 0 Å². The predicted octanol–water partition coefficient (Wildman–Crippen LogP) is 0.893. The van der Waals surface area contributed by atoms with Crippen LogP contribution in [-0.4, -0.2) is 14.6 Å². The molecular weight excluding hydrogens is 166 g/mol. The fraction of sp³-hybridized carbons (Fsp3) is 0.333. The number of fused-ring (bicyclic) bond motifs is 1. The number of hydrogen-bond acceptors (Lipinski definition) is 2. The van der Waals surface area contributed by atoms with E-state index in [1.807, 2.05) is 13.8 Å². The Morgan fingerprint density at radius 3 is 3.08 bits per heavy atom. The SMILES string of the molecule is CCc1c(C)c(=O)[nH]c2ccnn12. The molecule has 1 N–H and O–H groups in total. The molecule has 68 valence electrons. The lowest BCUT2D eigenvalue weighted by atomic mass is 10.2. The molecule has 2 aromatic rings. The molecule has 2 rings (SSSR count). The summed E-state index contributed by atoms with van der Waals surface area (Å²) >= 11 is 0. The van der Waals surface area contributed by atoms with Gasteiger partial charge >= 0.3 is 0 Å². The van der Waals surface area contributed by atoms with Gasteiger partial charge in [0.1, 0.15) is 5.65 Å². The van der Waals surface area contributed by atoms with E-state index in [1.54, 1.807) is 16.8 Å². The first-order chi connectivity index (χ1) is 6.24. The van der Waals surface area contributed by atoms with Gasteiger partial charge in [-0.05, 0) is 13.3 Å². The molecule has 0 spiro atoms. The van der Waals surface area contributed by atoms with Crippen LogP contribution in [0.2, 0.25) is 0 Å². The van der Waals surface area contributed by atoms with Crippen LogP contribution in [0.3, 0.4) is 0 Å². The van der Waals surface area contributed by atoms with Gasteiger partial charge in [0.25, 0.3) is 5.56 Å². The van der Waals surface area contributed by atoms with Crippen LogP contribution in [-0.2, 0) is 6.42 Å². The van der Waals surface area contributed by atoms with Crippen LogP contribution < -0.4 is 5.56 Å².